The molecule has 100 valence electrons. The summed E-state index contributed by atoms with van der Waals surface area (Å²) >= 11 is 0. The number of ether oxygens (including phenoxy) is 1. The number of piperidine rings is 1. The summed E-state index contributed by atoms with van der Waals surface area (Å²) in [5.74, 6) is 0.736. The molecule has 0 aromatic rings. The molecule has 1 rings (SSSR count). The quantitative estimate of drug-likeness (QED) is 0.762. The van der Waals surface area contributed by atoms with Crippen molar-refractivity contribution in [3.8, 4) is 0 Å². The summed E-state index contributed by atoms with van der Waals surface area (Å²) < 4.78 is 5.64. The third-order valence-electron chi connectivity index (χ3n) is 3.20. The van der Waals surface area contributed by atoms with Crippen LogP contribution in [0.2, 0.25) is 0 Å². The van der Waals surface area contributed by atoms with Crippen LogP contribution in [0.25, 0.3) is 0 Å². The summed E-state index contributed by atoms with van der Waals surface area (Å²) in [6, 6.07) is 0. The van der Waals surface area contributed by atoms with E-state index in [0.717, 1.165) is 38.9 Å². The molecule has 0 radical (unpaired) electrons. The molecule has 0 atom stereocenters. The first-order valence-electron chi connectivity index (χ1n) is 6.66. The first kappa shape index (κ1) is 14.5. The molecule has 1 N–H and O–H groups in total. The molecule has 1 saturated heterocycles. The summed E-state index contributed by atoms with van der Waals surface area (Å²) in [6.07, 6.45) is 3.35. The van der Waals surface area contributed by atoms with Gasteiger partial charge in [-0.3, -0.25) is 4.79 Å². The van der Waals surface area contributed by atoms with Crippen LogP contribution >= 0.6 is 0 Å². The minimum atomic E-state index is 0.101. The molecule has 17 heavy (non-hydrogen) atoms. The zero-order valence-electron chi connectivity index (χ0n) is 11.4. The van der Waals surface area contributed by atoms with Gasteiger partial charge in [0.15, 0.2) is 0 Å². The number of carbonyl (C=O) groups is 1. The number of nitrogens with zero attached hydrogens (tertiary/aromatic N) is 1. The van der Waals surface area contributed by atoms with Crippen LogP contribution in [0.4, 0.5) is 0 Å². The topological polar surface area (TPSA) is 41.6 Å². The number of nitrogens with one attached hydrogen (secondary N) is 1. The molecule has 0 unspecified atom stereocenters. The van der Waals surface area contributed by atoms with Gasteiger partial charge in [-0.1, -0.05) is 13.8 Å². The van der Waals surface area contributed by atoms with E-state index in [9.17, 15) is 4.79 Å². The second kappa shape index (κ2) is 7.67. The van der Waals surface area contributed by atoms with Gasteiger partial charge in [-0.25, -0.2) is 0 Å². The number of carbonyl (C=O) groups excluding carboxylic acids is 1. The normalized spacial score (nSPS) is 17.4. The SMILES string of the molecule is CC(C)CCN(C)C(=O)COC1CCNCC1. The van der Waals surface area contributed by atoms with Gasteiger partial charge in [-0.15, -0.1) is 0 Å². The van der Waals surface area contributed by atoms with Crippen LogP contribution in [0.3, 0.4) is 0 Å². The summed E-state index contributed by atoms with van der Waals surface area (Å²) in [6.45, 7) is 7.41. The first-order chi connectivity index (χ1) is 8.09. The zero-order valence-corrected chi connectivity index (χ0v) is 11.4. The molecule has 0 bridgehead atoms. The Kier molecular flexibility index (Phi) is 6.52. The highest BCUT2D eigenvalue weighted by Crippen LogP contribution is 2.07. The van der Waals surface area contributed by atoms with E-state index in [1.165, 1.54) is 0 Å². The highest BCUT2D eigenvalue weighted by molar-refractivity contribution is 5.77. The number of hydrogen-bond acceptors (Lipinski definition) is 3. The van der Waals surface area contributed by atoms with Crippen LogP contribution < -0.4 is 5.32 Å². The lowest BCUT2D eigenvalue weighted by Crippen LogP contribution is -2.37. The van der Waals surface area contributed by atoms with E-state index in [1.54, 1.807) is 4.90 Å². The maximum Gasteiger partial charge on any atom is 0.248 e. The minimum Gasteiger partial charge on any atom is -0.368 e. The smallest absolute Gasteiger partial charge is 0.248 e. The Morgan fingerprint density at radius 2 is 2.06 bits per heavy atom. The number of likely N-dealkylation sites (N-methyl/N-ethyl adjacent to an activating group) is 1. The van der Waals surface area contributed by atoms with Gasteiger partial charge in [0.05, 0.1) is 6.10 Å². The standard InChI is InChI=1S/C13H26N2O2/c1-11(2)6-9-15(3)13(16)10-17-12-4-7-14-8-5-12/h11-12,14H,4-10H2,1-3H3. The van der Waals surface area contributed by atoms with Gasteiger partial charge < -0.3 is 15.0 Å². The second-order valence-electron chi connectivity index (χ2n) is 5.26. The molecule has 0 aliphatic carbocycles. The van der Waals surface area contributed by atoms with E-state index in [0.29, 0.717) is 5.92 Å². The fourth-order valence-corrected chi connectivity index (χ4v) is 1.84. The summed E-state index contributed by atoms with van der Waals surface area (Å²) in [7, 11) is 1.86. The monoisotopic (exact) mass is 242 g/mol. The van der Waals surface area contributed by atoms with Crippen molar-refractivity contribution in [3.05, 3.63) is 0 Å². The fraction of sp³-hybridized carbons (Fsp3) is 0.923. The van der Waals surface area contributed by atoms with E-state index in [1.807, 2.05) is 7.05 Å². The van der Waals surface area contributed by atoms with Crippen molar-refractivity contribution in [1.82, 2.24) is 10.2 Å². The van der Waals surface area contributed by atoms with E-state index < -0.39 is 0 Å². The Morgan fingerprint density at radius 1 is 1.41 bits per heavy atom. The van der Waals surface area contributed by atoms with E-state index in [-0.39, 0.29) is 18.6 Å². The summed E-state index contributed by atoms with van der Waals surface area (Å²) in [5.41, 5.74) is 0. The van der Waals surface area contributed by atoms with Crippen molar-refractivity contribution in [2.75, 3.05) is 33.3 Å². The molecule has 4 heteroatoms. The number of amides is 1. The van der Waals surface area contributed by atoms with Gasteiger partial charge in [-0.05, 0) is 38.3 Å². The molecule has 0 aromatic carbocycles. The summed E-state index contributed by atoms with van der Waals surface area (Å²) in [4.78, 5) is 13.6. The lowest BCUT2D eigenvalue weighted by atomic mass is 10.1. The van der Waals surface area contributed by atoms with Gasteiger partial charge in [0.25, 0.3) is 0 Å². The van der Waals surface area contributed by atoms with Gasteiger partial charge in [0.1, 0.15) is 6.61 Å². The average Bonchev–Trinajstić information content (AvgIpc) is 2.34. The molecule has 1 fully saturated rings. The molecule has 0 aromatic heterocycles. The largest absolute Gasteiger partial charge is 0.368 e. The predicted molar refractivity (Wildman–Crippen MR) is 68.9 cm³/mol. The van der Waals surface area contributed by atoms with Crippen LogP contribution in [0, 0.1) is 5.92 Å². The van der Waals surface area contributed by atoms with Crippen molar-refractivity contribution < 1.29 is 9.53 Å². The van der Waals surface area contributed by atoms with E-state index >= 15 is 0 Å². The molecule has 0 saturated carbocycles. The fourth-order valence-electron chi connectivity index (χ4n) is 1.84. The van der Waals surface area contributed by atoms with Crippen molar-refractivity contribution in [2.24, 2.45) is 5.92 Å². The van der Waals surface area contributed by atoms with Crippen LogP contribution in [0.1, 0.15) is 33.1 Å². The van der Waals surface area contributed by atoms with Gasteiger partial charge >= 0.3 is 0 Å². The minimum absolute atomic E-state index is 0.101. The molecule has 1 amide bonds. The molecule has 1 aliphatic heterocycles. The van der Waals surface area contributed by atoms with E-state index in [2.05, 4.69) is 19.2 Å². The molecule has 4 nitrogen and oxygen atoms in total. The second-order valence-corrected chi connectivity index (χ2v) is 5.26. The lowest BCUT2D eigenvalue weighted by Gasteiger charge is -2.24. The van der Waals surface area contributed by atoms with Crippen LogP contribution in [-0.2, 0) is 9.53 Å². The third-order valence-corrected chi connectivity index (χ3v) is 3.20. The molecule has 0 spiro atoms. The van der Waals surface area contributed by atoms with Crippen molar-refractivity contribution in [3.63, 3.8) is 0 Å². The van der Waals surface area contributed by atoms with Crippen LogP contribution in [0.15, 0.2) is 0 Å². The van der Waals surface area contributed by atoms with Crippen molar-refractivity contribution >= 4 is 5.91 Å². The number of rotatable bonds is 6. The molecule has 1 aliphatic rings. The molecular formula is C13H26N2O2. The Morgan fingerprint density at radius 3 is 2.65 bits per heavy atom. The van der Waals surface area contributed by atoms with E-state index in [4.69, 9.17) is 4.74 Å². The molecule has 1 heterocycles. The maximum absolute atomic E-state index is 11.8. The third kappa shape index (κ3) is 6.03. The lowest BCUT2D eigenvalue weighted by molar-refractivity contribution is -0.137. The molecular weight excluding hydrogens is 216 g/mol. The highest BCUT2D eigenvalue weighted by atomic mass is 16.5. The first-order valence-corrected chi connectivity index (χ1v) is 6.66. The highest BCUT2D eigenvalue weighted by Gasteiger charge is 2.16. The summed E-state index contributed by atoms with van der Waals surface area (Å²) in [5, 5.41) is 3.28. The van der Waals surface area contributed by atoms with Crippen molar-refractivity contribution in [2.45, 2.75) is 39.2 Å². The Bertz CT molecular complexity index is 225. The zero-order chi connectivity index (χ0) is 12.7. The Balaban J connectivity index is 2.14. The van der Waals surface area contributed by atoms with Crippen LogP contribution in [-0.4, -0.2) is 50.2 Å². The maximum atomic E-state index is 11.8. The van der Waals surface area contributed by atoms with Gasteiger partial charge in [-0.2, -0.15) is 0 Å². The van der Waals surface area contributed by atoms with Gasteiger partial charge in [0, 0.05) is 13.6 Å². The predicted octanol–water partition coefficient (Wildman–Crippen LogP) is 1.26. The van der Waals surface area contributed by atoms with Gasteiger partial charge in [0.2, 0.25) is 5.91 Å². The Labute approximate surface area is 105 Å². The number of hydrogen-bond donors (Lipinski definition) is 1. The van der Waals surface area contributed by atoms with Crippen LogP contribution in [0.5, 0.6) is 0 Å². The average molecular weight is 242 g/mol. The van der Waals surface area contributed by atoms with Crippen molar-refractivity contribution in [1.29, 1.82) is 0 Å². The Hall–Kier alpha value is -0.610.